The van der Waals surface area contributed by atoms with E-state index in [9.17, 15) is 9.59 Å². The summed E-state index contributed by atoms with van der Waals surface area (Å²) >= 11 is 0. The smallest absolute Gasteiger partial charge is 0.277 e. The molecule has 0 saturated carbocycles. The largest absolute Gasteiger partial charge is 0.377 e. The van der Waals surface area contributed by atoms with Gasteiger partial charge in [0.25, 0.3) is 11.8 Å². The van der Waals surface area contributed by atoms with E-state index in [-0.39, 0.29) is 24.5 Å². The van der Waals surface area contributed by atoms with Crippen LogP contribution in [0, 0.1) is 6.92 Å². The molecule has 0 saturated heterocycles. The Bertz CT molecular complexity index is 992. The average molecular weight is 405 g/mol. The fourth-order valence-corrected chi connectivity index (χ4v) is 4.11. The Balaban J connectivity index is 1.69. The van der Waals surface area contributed by atoms with Crippen molar-refractivity contribution in [2.45, 2.75) is 39.8 Å². The van der Waals surface area contributed by atoms with Crippen molar-refractivity contribution in [1.82, 2.24) is 9.80 Å². The summed E-state index contributed by atoms with van der Waals surface area (Å²) in [7, 11) is 0. The van der Waals surface area contributed by atoms with Crippen molar-refractivity contribution in [3.63, 3.8) is 0 Å². The molecular weight excluding hydrogens is 376 g/mol. The maximum Gasteiger partial charge on any atom is 0.277 e. The molecule has 0 radical (unpaired) electrons. The molecule has 2 aromatic carbocycles. The van der Waals surface area contributed by atoms with Crippen molar-refractivity contribution < 1.29 is 14.3 Å². The molecule has 2 aromatic rings. The van der Waals surface area contributed by atoms with Crippen LogP contribution in [0.4, 0.5) is 0 Å². The maximum atomic E-state index is 13.4. The first-order valence-electron chi connectivity index (χ1n) is 10.6. The number of benzene rings is 2. The molecule has 0 spiro atoms. The molecule has 2 amide bonds. The fourth-order valence-electron chi connectivity index (χ4n) is 4.11. The number of imide groups is 1. The lowest BCUT2D eigenvalue weighted by Gasteiger charge is -2.31. The van der Waals surface area contributed by atoms with E-state index in [4.69, 9.17) is 4.74 Å². The van der Waals surface area contributed by atoms with Crippen LogP contribution in [0.3, 0.4) is 0 Å². The first-order valence-corrected chi connectivity index (χ1v) is 10.6. The van der Waals surface area contributed by atoms with E-state index in [0.29, 0.717) is 24.4 Å². The van der Waals surface area contributed by atoms with Crippen molar-refractivity contribution in [2.24, 2.45) is 0 Å². The van der Waals surface area contributed by atoms with Crippen LogP contribution in [0.5, 0.6) is 0 Å². The van der Waals surface area contributed by atoms with E-state index in [1.54, 1.807) is 0 Å². The molecule has 5 nitrogen and oxygen atoms in total. The number of amides is 2. The summed E-state index contributed by atoms with van der Waals surface area (Å²) in [6.07, 6.45) is 0.916. The van der Waals surface area contributed by atoms with E-state index in [1.165, 1.54) is 16.0 Å². The highest BCUT2D eigenvalue weighted by atomic mass is 16.5. The molecule has 0 bridgehead atoms. The van der Waals surface area contributed by atoms with Crippen LogP contribution in [0.2, 0.25) is 0 Å². The van der Waals surface area contributed by atoms with Crippen LogP contribution in [-0.4, -0.2) is 47.4 Å². The second-order valence-electron chi connectivity index (χ2n) is 8.21. The highest BCUT2D eigenvalue weighted by molar-refractivity contribution is 6.35. The lowest BCUT2D eigenvalue weighted by Crippen LogP contribution is -2.39. The summed E-state index contributed by atoms with van der Waals surface area (Å²) in [5.41, 5.74) is 5.45. The zero-order valence-corrected chi connectivity index (χ0v) is 17.9. The van der Waals surface area contributed by atoms with Gasteiger partial charge in [0.2, 0.25) is 0 Å². The van der Waals surface area contributed by atoms with Gasteiger partial charge < -0.3 is 9.64 Å². The van der Waals surface area contributed by atoms with Gasteiger partial charge in [0.15, 0.2) is 0 Å². The number of ether oxygens (including phenoxy) is 1. The molecule has 30 heavy (non-hydrogen) atoms. The molecule has 156 valence electrons. The van der Waals surface area contributed by atoms with Crippen LogP contribution in [0.1, 0.15) is 36.1 Å². The summed E-state index contributed by atoms with van der Waals surface area (Å²) in [6.45, 7) is 7.86. The Kier molecular flexibility index (Phi) is 5.73. The zero-order chi connectivity index (χ0) is 21.3. The van der Waals surface area contributed by atoms with Crippen molar-refractivity contribution >= 4 is 17.4 Å². The molecule has 5 heteroatoms. The van der Waals surface area contributed by atoms with Crippen LogP contribution < -0.4 is 0 Å². The SMILES string of the molecule is Cc1ccc(C2=C(N3CCc4ccccc4C3)C(=O)N(CCOC(C)C)C2=O)cc1. The molecule has 2 aliphatic rings. The Morgan fingerprint density at radius 1 is 0.967 bits per heavy atom. The van der Waals surface area contributed by atoms with E-state index < -0.39 is 0 Å². The zero-order valence-electron chi connectivity index (χ0n) is 17.9. The summed E-state index contributed by atoms with van der Waals surface area (Å²) in [4.78, 5) is 30.2. The quantitative estimate of drug-likeness (QED) is 0.691. The van der Waals surface area contributed by atoms with E-state index in [2.05, 4.69) is 17.0 Å². The van der Waals surface area contributed by atoms with E-state index >= 15 is 0 Å². The topological polar surface area (TPSA) is 49.9 Å². The second-order valence-corrected chi connectivity index (χ2v) is 8.21. The van der Waals surface area contributed by atoms with Crippen molar-refractivity contribution in [3.8, 4) is 0 Å². The molecule has 0 fully saturated rings. The minimum Gasteiger partial charge on any atom is -0.377 e. The normalized spacial score (nSPS) is 16.7. The molecule has 2 heterocycles. The van der Waals surface area contributed by atoms with Gasteiger partial charge in [-0.25, -0.2) is 0 Å². The van der Waals surface area contributed by atoms with Crippen LogP contribution in [0.25, 0.3) is 5.57 Å². The highest BCUT2D eigenvalue weighted by Gasteiger charge is 2.41. The molecule has 0 unspecified atom stereocenters. The van der Waals surface area contributed by atoms with Crippen molar-refractivity contribution in [3.05, 3.63) is 76.5 Å². The van der Waals surface area contributed by atoms with Gasteiger partial charge in [-0.3, -0.25) is 14.5 Å². The van der Waals surface area contributed by atoms with Crippen molar-refractivity contribution in [2.75, 3.05) is 19.7 Å². The number of fused-ring (bicyclic) bond motifs is 1. The molecule has 0 aromatic heterocycles. The van der Waals surface area contributed by atoms with Gasteiger partial charge in [-0.2, -0.15) is 0 Å². The van der Waals surface area contributed by atoms with Gasteiger partial charge in [-0.1, -0.05) is 54.1 Å². The Morgan fingerprint density at radius 3 is 2.37 bits per heavy atom. The minimum atomic E-state index is -0.231. The Labute approximate surface area is 177 Å². The first-order chi connectivity index (χ1) is 14.5. The summed E-state index contributed by atoms with van der Waals surface area (Å²) in [5.74, 6) is -0.451. The highest BCUT2D eigenvalue weighted by Crippen LogP contribution is 2.34. The molecule has 0 N–H and O–H groups in total. The van der Waals surface area contributed by atoms with Gasteiger partial charge in [-0.05, 0) is 43.9 Å². The molecule has 0 atom stereocenters. The summed E-state index contributed by atoms with van der Waals surface area (Å²) in [6, 6.07) is 16.1. The predicted octanol–water partition coefficient (Wildman–Crippen LogP) is 3.56. The number of hydrogen-bond acceptors (Lipinski definition) is 4. The van der Waals surface area contributed by atoms with E-state index in [1.807, 2.05) is 57.2 Å². The van der Waals surface area contributed by atoms with Crippen LogP contribution in [-0.2, 0) is 27.3 Å². The fraction of sp³-hybridized carbons (Fsp3) is 0.360. The molecular formula is C25H28N2O3. The third-order valence-electron chi connectivity index (χ3n) is 5.70. The van der Waals surface area contributed by atoms with Gasteiger partial charge >= 0.3 is 0 Å². The molecule has 2 aliphatic heterocycles. The number of rotatable bonds is 6. The predicted molar refractivity (Wildman–Crippen MR) is 116 cm³/mol. The van der Waals surface area contributed by atoms with Crippen LogP contribution >= 0.6 is 0 Å². The number of carbonyl (C=O) groups is 2. The van der Waals surface area contributed by atoms with Crippen molar-refractivity contribution in [1.29, 1.82) is 0 Å². The summed E-state index contributed by atoms with van der Waals surface area (Å²) < 4.78 is 5.61. The number of aryl methyl sites for hydroxylation is 1. The number of nitrogens with zero attached hydrogens (tertiary/aromatic N) is 2. The second kappa shape index (κ2) is 8.44. The lowest BCUT2D eigenvalue weighted by molar-refractivity contribution is -0.138. The Morgan fingerprint density at radius 2 is 1.67 bits per heavy atom. The molecule has 0 aliphatic carbocycles. The van der Waals surface area contributed by atoms with Crippen LogP contribution in [0.15, 0.2) is 54.2 Å². The third-order valence-corrected chi connectivity index (χ3v) is 5.70. The van der Waals surface area contributed by atoms with E-state index in [0.717, 1.165) is 24.1 Å². The Hall–Kier alpha value is -2.92. The third kappa shape index (κ3) is 3.90. The molecule has 4 rings (SSSR count). The number of carbonyl (C=O) groups excluding carboxylic acids is 2. The average Bonchev–Trinajstić information content (AvgIpc) is 2.98. The maximum absolute atomic E-state index is 13.4. The summed E-state index contributed by atoms with van der Waals surface area (Å²) in [5, 5.41) is 0. The first kappa shape index (κ1) is 20.4. The van der Waals surface area contributed by atoms with Gasteiger partial charge in [-0.15, -0.1) is 0 Å². The standard InChI is InChI=1S/C25H28N2O3/c1-17(2)30-15-14-27-24(28)22(20-10-8-18(3)9-11-20)23(25(27)29)26-13-12-19-6-4-5-7-21(19)16-26/h4-11,17H,12-16H2,1-3H3. The lowest BCUT2D eigenvalue weighted by atomic mass is 9.97. The minimum absolute atomic E-state index is 0.0559. The monoisotopic (exact) mass is 404 g/mol. The van der Waals surface area contributed by atoms with Gasteiger partial charge in [0.05, 0.1) is 24.8 Å². The van der Waals surface area contributed by atoms with Gasteiger partial charge in [0, 0.05) is 13.1 Å². The van der Waals surface area contributed by atoms with Gasteiger partial charge in [0.1, 0.15) is 5.70 Å². The number of hydrogen-bond donors (Lipinski definition) is 0.